The number of nitrogens with one attached hydrogen (secondary N) is 2. The van der Waals surface area contributed by atoms with E-state index in [0.717, 1.165) is 6.42 Å². The van der Waals surface area contributed by atoms with Crippen LogP contribution >= 0.6 is 15.9 Å². The summed E-state index contributed by atoms with van der Waals surface area (Å²) < 4.78 is 0.716. The average Bonchev–Trinajstić information content (AvgIpc) is 2.53. The molecule has 0 aliphatic carbocycles. The molecule has 1 unspecified atom stereocenters. The lowest BCUT2D eigenvalue weighted by molar-refractivity contribution is -0.118. The van der Waals surface area contributed by atoms with Crippen molar-refractivity contribution in [3.8, 4) is 0 Å². The SMILES string of the molecule is C[C@H]1NC(C(=O)Nc2cccc(Br)n2)CC1(C)C. The smallest absolute Gasteiger partial charge is 0.242 e. The number of rotatable bonds is 2. The molecule has 5 heteroatoms. The summed E-state index contributed by atoms with van der Waals surface area (Å²) in [4.78, 5) is 16.3. The summed E-state index contributed by atoms with van der Waals surface area (Å²) in [7, 11) is 0. The number of pyridine rings is 1. The van der Waals surface area contributed by atoms with Crippen LogP contribution in [-0.4, -0.2) is 23.0 Å². The number of aromatic nitrogens is 1. The number of anilines is 1. The minimum absolute atomic E-state index is 0.0157. The molecule has 1 saturated heterocycles. The minimum atomic E-state index is -0.143. The standard InChI is InChI=1S/C13H18BrN3O/c1-8-13(2,3)7-9(15-8)12(18)17-11-6-4-5-10(14)16-11/h4-6,8-9,15H,7H2,1-3H3,(H,16,17,18)/t8-,9?/m1/s1. The van der Waals surface area contributed by atoms with Gasteiger partial charge < -0.3 is 10.6 Å². The Morgan fingerprint density at radius 1 is 1.56 bits per heavy atom. The quantitative estimate of drug-likeness (QED) is 0.825. The minimum Gasteiger partial charge on any atom is -0.309 e. The van der Waals surface area contributed by atoms with Gasteiger partial charge in [-0.3, -0.25) is 4.79 Å². The molecule has 1 aromatic rings. The largest absolute Gasteiger partial charge is 0.309 e. The van der Waals surface area contributed by atoms with Crippen molar-refractivity contribution >= 4 is 27.7 Å². The van der Waals surface area contributed by atoms with Gasteiger partial charge in [0, 0.05) is 6.04 Å². The number of hydrogen-bond acceptors (Lipinski definition) is 3. The first-order valence-corrected chi connectivity index (χ1v) is 6.87. The van der Waals surface area contributed by atoms with E-state index in [1.807, 2.05) is 12.1 Å². The van der Waals surface area contributed by atoms with Gasteiger partial charge in [0.25, 0.3) is 0 Å². The third kappa shape index (κ3) is 2.90. The Hall–Kier alpha value is -0.940. The second kappa shape index (κ2) is 4.97. The molecule has 0 aromatic carbocycles. The van der Waals surface area contributed by atoms with Gasteiger partial charge in [-0.15, -0.1) is 0 Å². The summed E-state index contributed by atoms with van der Waals surface area (Å²) >= 11 is 3.29. The lowest BCUT2D eigenvalue weighted by atomic mass is 9.84. The van der Waals surface area contributed by atoms with Gasteiger partial charge in [-0.05, 0) is 46.8 Å². The zero-order chi connectivity index (χ0) is 13.3. The molecule has 2 heterocycles. The van der Waals surface area contributed by atoms with Gasteiger partial charge in [0.05, 0.1) is 6.04 Å². The summed E-state index contributed by atoms with van der Waals surface area (Å²) in [6, 6.07) is 5.65. The van der Waals surface area contributed by atoms with E-state index >= 15 is 0 Å². The highest BCUT2D eigenvalue weighted by molar-refractivity contribution is 9.10. The molecule has 0 spiro atoms. The van der Waals surface area contributed by atoms with E-state index < -0.39 is 0 Å². The van der Waals surface area contributed by atoms with Crippen molar-refractivity contribution in [3.05, 3.63) is 22.8 Å². The van der Waals surface area contributed by atoms with E-state index in [9.17, 15) is 4.79 Å². The van der Waals surface area contributed by atoms with Crippen molar-refractivity contribution in [2.45, 2.75) is 39.3 Å². The number of hydrogen-bond donors (Lipinski definition) is 2. The van der Waals surface area contributed by atoms with Gasteiger partial charge in [0.15, 0.2) is 0 Å². The summed E-state index contributed by atoms with van der Waals surface area (Å²) in [5.41, 5.74) is 0.146. The predicted octanol–water partition coefficient (Wildman–Crippen LogP) is 2.56. The van der Waals surface area contributed by atoms with Crippen LogP contribution in [0, 0.1) is 5.41 Å². The Kier molecular flexibility index (Phi) is 3.73. The van der Waals surface area contributed by atoms with Crippen LogP contribution in [0.5, 0.6) is 0 Å². The van der Waals surface area contributed by atoms with Gasteiger partial charge in [-0.25, -0.2) is 4.98 Å². The van der Waals surface area contributed by atoms with Gasteiger partial charge in [-0.1, -0.05) is 19.9 Å². The van der Waals surface area contributed by atoms with Crippen LogP contribution < -0.4 is 10.6 Å². The first kappa shape index (κ1) is 13.5. The summed E-state index contributed by atoms with van der Waals surface area (Å²) in [6.07, 6.45) is 0.841. The highest BCUT2D eigenvalue weighted by Crippen LogP contribution is 2.33. The molecule has 2 N–H and O–H groups in total. The molecular formula is C13H18BrN3O. The lowest BCUT2D eigenvalue weighted by Crippen LogP contribution is -2.38. The van der Waals surface area contributed by atoms with E-state index in [1.165, 1.54) is 0 Å². The molecule has 1 fully saturated rings. The number of carbonyl (C=O) groups excluding carboxylic acids is 1. The molecule has 2 rings (SSSR count). The highest BCUT2D eigenvalue weighted by Gasteiger charge is 2.40. The van der Waals surface area contributed by atoms with E-state index in [2.05, 4.69) is 52.3 Å². The first-order valence-electron chi connectivity index (χ1n) is 6.08. The summed E-state index contributed by atoms with van der Waals surface area (Å²) in [6.45, 7) is 6.47. The van der Waals surface area contributed by atoms with Crippen LogP contribution in [0.4, 0.5) is 5.82 Å². The molecule has 18 heavy (non-hydrogen) atoms. The summed E-state index contributed by atoms with van der Waals surface area (Å²) in [5, 5.41) is 6.17. The monoisotopic (exact) mass is 311 g/mol. The maximum Gasteiger partial charge on any atom is 0.242 e. The first-order chi connectivity index (χ1) is 8.38. The third-order valence-electron chi connectivity index (χ3n) is 3.64. The third-order valence-corrected chi connectivity index (χ3v) is 4.08. The van der Waals surface area contributed by atoms with Crippen molar-refractivity contribution in [2.24, 2.45) is 5.41 Å². The molecule has 4 nitrogen and oxygen atoms in total. The van der Waals surface area contributed by atoms with Gasteiger partial charge >= 0.3 is 0 Å². The fourth-order valence-electron chi connectivity index (χ4n) is 2.15. The van der Waals surface area contributed by atoms with Gasteiger partial charge in [-0.2, -0.15) is 0 Å². The number of nitrogens with zero attached hydrogens (tertiary/aromatic N) is 1. The van der Waals surface area contributed by atoms with Gasteiger partial charge in [0.1, 0.15) is 10.4 Å². The zero-order valence-electron chi connectivity index (χ0n) is 10.8. The van der Waals surface area contributed by atoms with Crippen molar-refractivity contribution < 1.29 is 4.79 Å². The van der Waals surface area contributed by atoms with E-state index in [0.29, 0.717) is 16.5 Å². The van der Waals surface area contributed by atoms with Crippen LogP contribution in [0.15, 0.2) is 22.8 Å². The Morgan fingerprint density at radius 2 is 2.28 bits per heavy atom. The molecule has 2 atom stereocenters. The van der Waals surface area contributed by atoms with Crippen molar-refractivity contribution in [2.75, 3.05) is 5.32 Å². The van der Waals surface area contributed by atoms with Crippen molar-refractivity contribution in [3.63, 3.8) is 0 Å². The topological polar surface area (TPSA) is 54.0 Å². The number of amides is 1. The molecule has 0 bridgehead atoms. The molecular weight excluding hydrogens is 294 g/mol. The van der Waals surface area contributed by atoms with Crippen LogP contribution in [0.2, 0.25) is 0 Å². The second-order valence-electron chi connectivity index (χ2n) is 5.47. The van der Waals surface area contributed by atoms with Crippen LogP contribution in [0.1, 0.15) is 27.2 Å². The van der Waals surface area contributed by atoms with Crippen LogP contribution in [0.25, 0.3) is 0 Å². The Balaban J connectivity index is 2.02. The maximum atomic E-state index is 12.1. The molecule has 98 valence electrons. The van der Waals surface area contributed by atoms with E-state index in [4.69, 9.17) is 0 Å². The lowest BCUT2D eigenvalue weighted by Gasteiger charge is -2.21. The Morgan fingerprint density at radius 3 is 2.83 bits per heavy atom. The molecule has 1 amide bonds. The molecule has 0 saturated carbocycles. The van der Waals surface area contributed by atoms with Crippen LogP contribution in [-0.2, 0) is 4.79 Å². The van der Waals surface area contributed by atoms with E-state index in [1.54, 1.807) is 6.07 Å². The van der Waals surface area contributed by atoms with Crippen molar-refractivity contribution in [1.29, 1.82) is 0 Å². The Bertz CT molecular complexity index is 461. The van der Waals surface area contributed by atoms with Crippen LogP contribution in [0.3, 0.4) is 0 Å². The fourth-order valence-corrected chi connectivity index (χ4v) is 2.49. The Labute approximate surface area is 116 Å². The number of carbonyl (C=O) groups is 1. The maximum absolute atomic E-state index is 12.1. The molecule has 1 aromatic heterocycles. The van der Waals surface area contributed by atoms with E-state index in [-0.39, 0.29) is 17.4 Å². The summed E-state index contributed by atoms with van der Waals surface area (Å²) in [5.74, 6) is 0.562. The fraction of sp³-hybridized carbons (Fsp3) is 0.538. The zero-order valence-corrected chi connectivity index (χ0v) is 12.4. The number of halogens is 1. The highest BCUT2D eigenvalue weighted by atomic mass is 79.9. The molecule has 1 aliphatic rings. The second-order valence-corrected chi connectivity index (χ2v) is 6.28. The predicted molar refractivity (Wildman–Crippen MR) is 75.4 cm³/mol. The average molecular weight is 312 g/mol. The van der Waals surface area contributed by atoms with Gasteiger partial charge in [0.2, 0.25) is 5.91 Å². The molecule has 1 aliphatic heterocycles. The normalized spacial score (nSPS) is 26.0. The molecule has 0 radical (unpaired) electrons. The van der Waals surface area contributed by atoms with Crippen molar-refractivity contribution in [1.82, 2.24) is 10.3 Å².